The lowest BCUT2D eigenvalue weighted by Gasteiger charge is -2.30. The van der Waals surface area contributed by atoms with Crippen LogP contribution in [0.5, 0.6) is 0 Å². The molecule has 1 aromatic rings. The molecule has 1 aliphatic carbocycles. The van der Waals surface area contributed by atoms with Gasteiger partial charge in [0.25, 0.3) is 0 Å². The zero-order valence-electron chi connectivity index (χ0n) is 12.4. The maximum absolute atomic E-state index is 12.2. The van der Waals surface area contributed by atoms with Crippen molar-refractivity contribution in [2.75, 3.05) is 25.2 Å². The van der Waals surface area contributed by atoms with E-state index in [1.165, 1.54) is 0 Å². The number of rotatable bonds is 2. The highest BCUT2D eigenvalue weighted by molar-refractivity contribution is 7.17. The molecule has 1 fully saturated rings. The van der Waals surface area contributed by atoms with Crippen molar-refractivity contribution in [3.8, 4) is 0 Å². The second kappa shape index (κ2) is 5.11. The van der Waals surface area contributed by atoms with Crippen LogP contribution in [0.4, 0.5) is 5.13 Å². The summed E-state index contributed by atoms with van der Waals surface area (Å²) in [6.07, 6.45) is 3.63. The summed E-state index contributed by atoms with van der Waals surface area (Å²) in [5.74, 6) is 0.264. The first kappa shape index (κ1) is 14.0. The summed E-state index contributed by atoms with van der Waals surface area (Å²) in [5, 5.41) is 0.993. The summed E-state index contributed by atoms with van der Waals surface area (Å²) in [7, 11) is 2.09. The van der Waals surface area contributed by atoms with Gasteiger partial charge in [0.05, 0.1) is 10.6 Å². The number of thiazole rings is 1. The lowest BCUT2D eigenvalue weighted by atomic mass is 9.78. The van der Waals surface area contributed by atoms with E-state index in [1.54, 1.807) is 11.3 Å². The average Bonchev–Trinajstić information content (AvgIpc) is 2.81. The SMILES string of the molecule is CN(c1nc2c(s1)C(=O)CC(C)(C)C2)C1CCOCC1. The van der Waals surface area contributed by atoms with Crippen LogP contribution < -0.4 is 4.90 Å². The first-order valence-electron chi connectivity index (χ1n) is 7.30. The van der Waals surface area contributed by atoms with Gasteiger partial charge in [0.15, 0.2) is 10.9 Å². The third kappa shape index (κ3) is 2.61. The molecule has 4 nitrogen and oxygen atoms in total. The van der Waals surface area contributed by atoms with Crippen LogP contribution in [0.2, 0.25) is 0 Å². The molecule has 1 aliphatic heterocycles. The van der Waals surface area contributed by atoms with Crippen molar-refractivity contribution in [2.24, 2.45) is 5.41 Å². The molecule has 0 amide bonds. The van der Waals surface area contributed by atoms with E-state index in [2.05, 4.69) is 25.8 Å². The maximum Gasteiger partial charge on any atom is 0.186 e. The average molecular weight is 294 g/mol. The zero-order valence-corrected chi connectivity index (χ0v) is 13.3. The minimum Gasteiger partial charge on any atom is -0.381 e. The molecular formula is C15H22N2O2S. The molecule has 0 saturated carbocycles. The van der Waals surface area contributed by atoms with E-state index >= 15 is 0 Å². The predicted molar refractivity (Wildman–Crippen MR) is 80.8 cm³/mol. The largest absolute Gasteiger partial charge is 0.381 e. The second-order valence-corrected chi connectivity index (χ2v) is 7.65. The Labute approximate surface area is 124 Å². The van der Waals surface area contributed by atoms with Crippen LogP contribution in [-0.2, 0) is 11.2 Å². The lowest BCUT2D eigenvalue weighted by Crippen LogP contribution is -2.36. The fraction of sp³-hybridized carbons (Fsp3) is 0.733. The third-order valence-electron chi connectivity index (χ3n) is 4.26. The summed E-state index contributed by atoms with van der Waals surface area (Å²) in [5.41, 5.74) is 1.05. The number of nitrogens with zero attached hydrogens (tertiary/aromatic N) is 2. The first-order valence-corrected chi connectivity index (χ1v) is 8.11. The topological polar surface area (TPSA) is 42.4 Å². The van der Waals surface area contributed by atoms with Crippen LogP contribution in [0.1, 0.15) is 48.5 Å². The molecule has 0 N–H and O–H groups in total. The van der Waals surface area contributed by atoms with E-state index in [0.717, 1.165) is 48.2 Å². The summed E-state index contributed by atoms with van der Waals surface area (Å²) >= 11 is 1.57. The van der Waals surface area contributed by atoms with Crippen LogP contribution in [0.3, 0.4) is 0 Å². The summed E-state index contributed by atoms with van der Waals surface area (Å²) in [4.78, 5) is 20.1. The van der Waals surface area contributed by atoms with Crippen LogP contribution in [0, 0.1) is 5.41 Å². The van der Waals surface area contributed by atoms with Crippen LogP contribution in [-0.4, -0.2) is 37.1 Å². The number of carbonyl (C=O) groups is 1. The molecule has 5 heteroatoms. The number of aromatic nitrogens is 1. The number of carbonyl (C=O) groups excluding carboxylic acids is 1. The number of ketones is 1. The molecule has 110 valence electrons. The molecule has 1 aromatic heterocycles. The highest BCUT2D eigenvalue weighted by Crippen LogP contribution is 2.39. The Bertz CT molecular complexity index is 518. The Hall–Kier alpha value is -0.940. The Balaban J connectivity index is 1.84. The van der Waals surface area contributed by atoms with E-state index in [1.807, 2.05) is 0 Å². The van der Waals surface area contributed by atoms with Gasteiger partial charge in [-0.05, 0) is 24.7 Å². The van der Waals surface area contributed by atoms with Crippen LogP contribution in [0.15, 0.2) is 0 Å². The van der Waals surface area contributed by atoms with E-state index < -0.39 is 0 Å². The molecule has 0 spiro atoms. The molecule has 0 atom stereocenters. The minimum atomic E-state index is 0.0483. The van der Waals surface area contributed by atoms with Gasteiger partial charge in [-0.15, -0.1) is 0 Å². The van der Waals surface area contributed by atoms with Crippen molar-refractivity contribution in [1.82, 2.24) is 4.98 Å². The van der Waals surface area contributed by atoms with Gasteiger partial charge < -0.3 is 9.64 Å². The molecule has 0 aromatic carbocycles. The van der Waals surface area contributed by atoms with Gasteiger partial charge in [-0.3, -0.25) is 4.79 Å². The molecular weight excluding hydrogens is 272 g/mol. The molecule has 3 rings (SSSR count). The van der Waals surface area contributed by atoms with Crippen LogP contribution in [0.25, 0.3) is 0 Å². The van der Waals surface area contributed by atoms with E-state index in [4.69, 9.17) is 9.72 Å². The van der Waals surface area contributed by atoms with Crippen molar-refractivity contribution in [1.29, 1.82) is 0 Å². The summed E-state index contributed by atoms with van der Waals surface area (Å²) < 4.78 is 5.41. The molecule has 20 heavy (non-hydrogen) atoms. The fourth-order valence-corrected chi connectivity index (χ4v) is 4.14. The highest BCUT2D eigenvalue weighted by Gasteiger charge is 2.34. The number of anilines is 1. The Morgan fingerprint density at radius 2 is 2.00 bits per heavy atom. The minimum absolute atomic E-state index is 0.0483. The third-order valence-corrected chi connectivity index (χ3v) is 5.49. The van der Waals surface area contributed by atoms with E-state index in [9.17, 15) is 4.79 Å². The quantitative estimate of drug-likeness (QED) is 0.841. The fourth-order valence-electron chi connectivity index (χ4n) is 3.09. The molecule has 2 aliphatic rings. The van der Waals surface area contributed by atoms with Gasteiger partial charge in [-0.2, -0.15) is 0 Å². The zero-order chi connectivity index (χ0) is 14.3. The summed E-state index contributed by atoms with van der Waals surface area (Å²) in [6.45, 7) is 5.95. The lowest BCUT2D eigenvalue weighted by molar-refractivity contribution is 0.0855. The Morgan fingerprint density at radius 1 is 1.30 bits per heavy atom. The van der Waals surface area contributed by atoms with Crippen LogP contribution >= 0.6 is 11.3 Å². The van der Waals surface area contributed by atoms with Gasteiger partial charge in [0, 0.05) is 32.7 Å². The monoisotopic (exact) mass is 294 g/mol. The van der Waals surface area contributed by atoms with E-state index in [0.29, 0.717) is 12.5 Å². The standard InChI is InChI=1S/C15H22N2O2S/c1-15(2)8-11-13(12(18)9-15)20-14(16-11)17(3)10-4-6-19-7-5-10/h10H,4-9H2,1-3H3. The molecule has 2 heterocycles. The van der Waals surface area contributed by atoms with Gasteiger partial charge in [0.1, 0.15) is 0 Å². The number of hydrogen-bond acceptors (Lipinski definition) is 5. The van der Waals surface area contributed by atoms with E-state index in [-0.39, 0.29) is 11.2 Å². The first-order chi connectivity index (χ1) is 9.46. The normalized spacial score (nSPS) is 22.6. The van der Waals surface area contributed by atoms with Crippen molar-refractivity contribution < 1.29 is 9.53 Å². The highest BCUT2D eigenvalue weighted by atomic mass is 32.1. The van der Waals surface area contributed by atoms with Gasteiger partial charge in [0.2, 0.25) is 0 Å². The second-order valence-electron chi connectivity index (χ2n) is 6.67. The van der Waals surface area contributed by atoms with Crippen molar-refractivity contribution in [3.05, 3.63) is 10.6 Å². The van der Waals surface area contributed by atoms with Crippen molar-refractivity contribution in [2.45, 2.75) is 45.6 Å². The number of hydrogen-bond donors (Lipinski definition) is 0. The molecule has 1 saturated heterocycles. The molecule has 0 bridgehead atoms. The summed E-state index contributed by atoms with van der Waals surface area (Å²) in [6, 6.07) is 0.486. The Kier molecular flexibility index (Phi) is 3.58. The van der Waals surface area contributed by atoms with Gasteiger partial charge in [-0.1, -0.05) is 25.2 Å². The predicted octanol–water partition coefficient (Wildman–Crippen LogP) is 2.91. The number of ether oxygens (including phenoxy) is 1. The number of Topliss-reactive ketones (excluding diaryl/α,β-unsaturated/α-hetero) is 1. The number of fused-ring (bicyclic) bond motifs is 1. The molecule has 0 unspecified atom stereocenters. The maximum atomic E-state index is 12.2. The van der Waals surface area contributed by atoms with Gasteiger partial charge >= 0.3 is 0 Å². The van der Waals surface area contributed by atoms with Crippen molar-refractivity contribution in [3.63, 3.8) is 0 Å². The van der Waals surface area contributed by atoms with Gasteiger partial charge in [-0.25, -0.2) is 4.98 Å². The Morgan fingerprint density at radius 3 is 2.70 bits per heavy atom. The molecule has 0 radical (unpaired) electrons. The van der Waals surface area contributed by atoms with Crippen molar-refractivity contribution >= 4 is 22.3 Å². The smallest absolute Gasteiger partial charge is 0.186 e.